The average molecular weight is 257 g/mol. The Morgan fingerprint density at radius 3 is 2.83 bits per heavy atom. The first-order valence-electron chi connectivity index (χ1n) is 6.04. The molecule has 1 aromatic carbocycles. The Bertz CT molecular complexity index is 472. The van der Waals surface area contributed by atoms with Crippen molar-refractivity contribution in [2.75, 3.05) is 6.54 Å². The number of halogens is 3. The minimum atomic E-state index is -4.27. The number of ether oxygens (including phenoxy) is 1. The quantitative estimate of drug-likeness (QED) is 0.771. The van der Waals surface area contributed by atoms with Gasteiger partial charge in [0.25, 0.3) is 0 Å². The molecule has 0 bridgehead atoms. The van der Waals surface area contributed by atoms with Gasteiger partial charge in [-0.15, -0.1) is 0 Å². The van der Waals surface area contributed by atoms with Gasteiger partial charge < -0.3 is 10.1 Å². The van der Waals surface area contributed by atoms with E-state index < -0.39 is 11.7 Å². The van der Waals surface area contributed by atoms with Crippen molar-refractivity contribution in [3.63, 3.8) is 0 Å². The van der Waals surface area contributed by atoms with Gasteiger partial charge in [-0.2, -0.15) is 13.2 Å². The van der Waals surface area contributed by atoms with E-state index in [-0.39, 0.29) is 18.2 Å². The molecule has 3 rings (SSSR count). The van der Waals surface area contributed by atoms with Gasteiger partial charge in [0.05, 0.1) is 23.8 Å². The lowest BCUT2D eigenvalue weighted by Crippen LogP contribution is -2.44. The lowest BCUT2D eigenvalue weighted by molar-refractivity contribution is -0.137. The van der Waals surface area contributed by atoms with E-state index >= 15 is 0 Å². The first-order valence-corrected chi connectivity index (χ1v) is 6.04. The predicted molar refractivity (Wildman–Crippen MR) is 60.2 cm³/mol. The molecule has 1 saturated heterocycles. The molecule has 18 heavy (non-hydrogen) atoms. The molecule has 0 aromatic heterocycles. The number of hydrogen-bond donors (Lipinski definition) is 1. The zero-order chi connectivity index (χ0) is 12.9. The lowest BCUT2D eigenvalue weighted by atomic mass is 10.0. The van der Waals surface area contributed by atoms with Crippen molar-refractivity contribution in [3.8, 4) is 0 Å². The molecule has 2 aliphatic rings. The van der Waals surface area contributed by atoms with Gasteiger partial charge in [-0.3, -0.25) is 0 Å². The second kappa shape index (κ2) is 3.96. The Balaban J connectivity index is 1.93. The number of hydrogen-bond acceptors (Lipinski definition) is 2. The molecule has 3 unspecified atom stereocenters. The molecule has 0 saturated carbocycles. The second-order valence-corrected chi connectivity index (χ2v) is 4.99. The minimum Gasteiger partial charge on any atom is -0.372 e. The van der Waals surface area contributed by atoms with E-state index in [0.29, 0.717) is 6.42 Å². The molecule has 3 atom stereocenters. The van der Waals surface area contributed by atoms with Crippen molar-refractivity contribution < 1.29 is 17.9 Å². The standard InChI is InChI=1S/C13H14F3NO/c1-7-6-17-12-10-3-2-9(13(14,15)16)4-8(10)5-11(12)18-7/h2-4,7,11-12,17H,5-6H2,1H3. The van der Waals surface area contributed by atoms with Crippen LogP contribution < -0.4 is 5.32 Å². The van der Waals surface area contributed by atoms with Crippen LogP contribution in [0.4, 0.5) is 13.2 Å². The monoisotopic (exact) mass is 257 g/mol. The topological polar surface area (TPSA) is 21.3 Å². The van der Waals surface area contributed by atoms with Crippen LogP contribution in [0.2, 0.25) is 0 Å². The van der Waals surface area contributed by atoms with Crippen LogP contribution in [0.3, 0.4) is 0 Å². The Kier molecular flexibility index (Phi) is 2.64. The van der Waals surface area contributed by atoms with E-state index in [0.717, 1.165) is 23.7 Å². The summed E-state index contributed by atoms with van der Waals surface area (Å²) >= 11 is 0. The van der Waals surface area contributed by atoms with Gasteiger partial charge in [0.1, 0.15) is 0 Å². The van der Waals surface area contributed by atoms with Crippen LogP contribution >= 0.6 is 0 Å². The van der Waals surface area contributed by atoms with Crippen molar-refractivity contribution in [2.45, 2.75) is 37.8 Å². The molecule has 5 heteroatoms. The summed E-state index contributed by atoms with van der Waals surface area (Å²) in [5.74, 6) is 0. The summed E-state index contributed by atoms with van der Waals surface area (Å²) in [7, 11) is 0. The van der Waals surface area contributed by atoms with Crippen molar-refractivity contribution in [2.24, 2.45) is 0 Å². The van der Waals surface area contributed by atoms with Crippen molar-refractivity contribution >= 4 is 0 Å². The zero-order valence-electron chi connectivity index (χ0n) is 9.92. The van der Waals surface area contributed by atoms with Crippen LogP contribution in [0.5, 0.6) is 0 Å². The fourth-order valence-corrected chi connectivity index (χ4v) is 2.80. The Morgan fingerprint density at radius 2 is 2.11 bits per heavy atom. The fraction of sp³-hybridized carbons (Fsp3) is 0.538. The molecule has 1 aromatic rings. The molecule has 1 aliphatic carbocycles. The number of alkyl halides is 3. The van der Waals surface area contributed by atoms with Crippen molar-refractivity contribution in [1.29, 1.82) is 0 Å². The molecule has 1 heterocycles. The summed E-state index contributed by atoms with van der Waals surface area (Å²) < 4.78 is 43.7. The van der Waals surface area contributed by atoms with Gasteiger partial charge in [0.15, 0.2) is 0 Å². The predicted octanol–water partition coefficient (Wildman–Crippen LogP) is 2.68. The molecule has 98 valence electrons. The summed E-state index contributed by atoms with van der Waals surface area (Å²) in [6.45, 7) is 2.70. The van der Waals surface area contributed by atoms with E-state index in [2.05, 4.69) is 5.32 Å². The molecule has 0 amide bonds. The smallest absolute Gasteiger partial charge is 0.372 e. The first-order chi connectivity index (χ1) is 8.45. The summed E-state index contributed by atoms with van der Waals surface area (Å²) in [4.78, 5) is 0. The number of fused-ring (bicyclic) bond motifs is 3. The normalized spacial score (nSPS) is 31.0. The fourth-order valence-electron chi connectivity index (χ4n) is 2.80. The third-order valence-electron chi connectivity index (χ3n) is 3.63. The molecule has 1 aliphatic heterocycles. The highest BCUT2D eigenvalue weighted by molar-refractivity contribution is 5.41. The third kappa shape index (κ3) is 1.91. The Morgan fingerprint density at radius 1 is 1.33 bits per heavy atom. The van der Waals surface area contributed by atoms with E-state index in [9.17, 15) is 13.2 Å². The Labute approximate surface area is 103 Å². The van der Waals surface area contributed by atoms with Gasteiger partial charge in [-0.1, -0.05) is 6.07 Å². The summed E-state index contributed by atoms with van der Waals surface area (Å²) in [6, 6.07) is 4.03. The summed E-state index contributed by atoms with van der Waals surface area (Å²) in [5.41, 5.74) is 1.12. The zero-order valence-corrected chi connectivity index (χ0v) is 9.92. The maximum atomic E-state index is 12.6. The third-order valence-corrected chi connectivity index (χ3v) is 3.63. The van der Waals surface area contributed by atoms with E-state index in [1.54, 1.807) is 6.07 Å². The van der Waals surface area contributed by atoms with Gasteiger partial charge in [0.2, 0.25) is 0 Å². The molecule has 0 radical (unpaired) electrons. The molecule has 1 N–H and O–H groups in total. The lowest BCUT2D eigenvalue weighted by Gasteiger charge is -2.32. The maximum absolute atomic E-state index is 12.6. The molecule has 1 fully saturated rings. The van der Waals surface area contributed by atoms with E-state index in [1.807, 2.05) is 6.92 Å². The van der Waals surface area contributed by atoms with Crippen molar-refractivity contribution in [1.82, 2.24) is 5.32 Å². The number of nitrogens with one attached hydrogen (secondary N) is 1. The number of rotatable bonds is 0. The highest BCUT2D eigenvalue weighted by Crippen LogP contribution is 2.39. The maximum Gasteiger partial charge on any atom is 0.416 e. The highest BCUT2D eigenvalue weighted by atomic mass is 19.4. The summed E-state index contributed by atoms with van der Waals surface area (Å²) in [6.07, 6.45) is -3.64. The van der Waals surface area contributed by atoms with E-state index in [4.69, 9.17) is 4.74 Å². The number of morpholine rings is 1. The van der Waals surface area contributed by atoms with E-state index in [1.165, 1.54) is 6.07 Å². The van der Waals surface area contributed by atoms with Gasteiger partial charge in [0, 0.05) is 13.0 Å². The van der Waals surface area contributed by atoms with Crippen LogP contribution in [0.25, 0.3) is 0 Å². The Hall–Kier alpha value is -1.07. The van der Waals surface area contributed by atoms with Crippen LogP contribution in [0.15, 0.2) is 18.2 Å². The van der Waals surface area contributed by atoms with Crippen LogP contribution in [0, 0.1) is 0 Å². The average Bonchev–Trinajstić information content (AvgIpc) is 2.63. The highest BCUT2D eigenvalue weighted by Gasteiger charge is 2.39. The molecule has 2 nitrogen and oxygen atoms in total. The van der Waals surface area contributed by atoms with Gasteiger partial charge in [-0.25, -0.2) is 0 Å². The molecular weight excluding hydrogens is 243 g/mol. The first kappa shape index (κ1) is 12.0. The van der Waals surface area contributed by atoms with Crippen LogP contribution in [-0.4, -0.2) is 18.8 Å². The van der Waals surface area contributed by atoms with Gasteiger partial charge >= 0.3 is 6.18 Å². The molecular formula is C13H14F3NO. The SMILES string of the molecule is CC1CNC2c3ccc(C(F)(F)F)cc3CC2O1. The van der Waals surface area contributed by atoms with Crippen molar-refractivity contribution in [3.05, 3.63) is 34.9 Å². The van der Waals surface area contributed by atoms with Crippen LogP contribution in [0.1, 0.15) is 29.7 Å². The van der Waals surface area contributed by atoms with Crippen LogP contribution in [-0.2, 0) is 17.3 Å². The van der Waals surface area contributed by atoms with Gasteiger partial charge in [-0.05, 0) is 30.2 Å². The largest absolute Gasteiger partial charge is 0.416 e. The minimum absolute atomic E-state index is 0.0350. The number of benzene rings is 1. The molecule has 0 spiro atoms. The summed E-state index contributed by atoms with van der Waals surface area (Å²) in [5, 5.41) is 3.34. The second-order valence-electron chi connectivity index (χ2n) is 4.99.